The van der Waals surface area contributed by atoms with Gasteiger partial charge in [0.05, 0.1) is 12.2 Å². The maximum absolute atomic E-state index is 13.7. The van der Waals surface area contributed by atoms with Gasteiger partial charge in [-0.3, -0.25) is 0 Å². The lowest BCUT2D eigenvalue weighted by molar-refractivity contribution is 0.364. The minimum atomic E-state index is -0.739. The summed E-state index contributed by atoms with van der Waals surface area (Å²) in [4.78, 5) is 11.8. The summed E-state index contributed by atoms with van der Waals surface area (Å²) in [5.41, 5.74) is 3.56. The second kappa shape index (κ2) is 6.85. The molecule has 0 bridgehead atoms. The van der Waals surface area contributed by atoms with E-state index < -0.39 is 6.17 Å². The first-order chi connectivity index (χ1) is 11.8. The first kappa shape index (κ1) is 15.5. The number of aromatic nitrogens is 2. The van der Waals surface area contributed by atoms with Crippen LogP contribution < -0.4 is 10.2 Å². The maximum atomic E-state index is 13.7. The topological polar surface area (TPSA) is 41.1 Å². The third-order valence-corrected chi connectivity index (χ3v) is 4.84. The third-order valence-electron chi connectivity index (χ3n) is 4.84. The van der Waals surface area contributed by atoms with Gasteiger partial charge in [0.2, 0.25) is 0 Å². The molecular formula is C19H23FN4. The van der Waals surface area contributed by atoms with Gasteiger partial charge < -0.3 is 10.2 Å². The average Bonchev–Trinajstić information content (AvgIpc) is 2.89. The van der Waals surface area contributed by atoms with E-state index in [0.29, 0.717) is 13.0 Å². The Morgan fingerprint density at radius 2 is 1.96 bits per heavy atom. The molecule has 2 aromatic rings. The summed E-state index contributed by atoms with van der Waals surface area (Å²) in [7, 11) is 0. The first-order valence-electron chi connectivity index (χ1n) is 8.82. The molecule has 0 aliphatic carbocycles. The summed E-state index contributed by atoms with van der Waals surface area (Å²) in [5.74, 6) is 1.81. The molecule has 5 heteroatoms. The van der Waals surface area contributed by atoms with Gasteiger partial charge in [0.25, 0.3) is 0 Å². The fourth-order valence-corrected chi connectivity index (χ4v) is 3.60. The van der Waals surface area contributed by atoms with E-state index in [4.69, 9.17) is 9.97 Å². The molecule has 2 aliphatic rings. The highest BCUT2D eigenvalue weighted by atomic mass is 19.1. The lowest BCUT2D eigenvalue weighted by Gasteiger charge is -2.22. The van der Waals surface area contributed by atoms with Crippen LogP contribution in [0.1, 0.15) is 29.1 Å². The summed E-state index contributed by atoms with van der Waals surface area (Å²) in [5, 5.41) is 3.43. The Balaban J connectivity index is 1.71. The molecule has 126 valence electrons. The lowest BCUT2D eigenvalue weighted by Crippen LogP contribution is -2.25. The minimum Gasteiger partial charge on any atom is -0.353 e. The predicted molar refractivity (Wildman–Crippen MR) is 93.3 cm³/mol. The fraction of sp³-hybridized carbons (Fsp3) is 0.474. The summed E-state index contributed by atoms with van der Waals surface area (Å²) in [6.45, 7) is 3.10. The van der Waals surface area contributed by atoms with E-state index in [9.17, 15) is 4.39 Å². The molecule has 1 aromatic carbocycles. The van der Waals surface area contributed by atoms with Gasteiger partial charge in [-0.2, -0.15) is 0 Å². The number of hydrogen-bond donors (Lipinski definition) is 1. The molecule has 0 amide bonds. The van der Waals surface area contributed by atoms with Gasteiger partial charge in [-0.05, 0) is 24.9 Å². The fourth-order valence-electron chi connectivity index (χ4n) is 3.60. The van der Waals surface area contributed by atoms with Gasteiger partial charge in [-0.25, -0.2) is 14.4 Å². The number of alkyl halides is 1. The molecule has 0 radical (unpaired) electrons. The number of rotatable bonds is 3. The van der Waals surface area contributed by atoms with Crippen molar-refractivity contribution in [2.75, 3.05) is 31.1 Å². The van der Waals surface area contributed by atoms with E-state index in [1.54, 1.807) is 0 Å². The average molecular weight is 326 g/mol. The van der Waals surface area contributed by atoms with Crippen LogP contribution in [0.4, 0.5) is 10.2 Å². The smallest absolute Gasteiger partial charge is 0.135 e. The number of halogens is 1. The van der Waals surface area contributed by atoms with Crippen molar-refractivity contribution in [1.82, 2.24) is 15.3 Å². The Bertz CT molecular complexity index is 704. The van der Waals surface area contributed by atoms with Crippen molar-refractivity contribution in [2.24, 2.45) is 0 Å². The van der Waals surface area contributed by atoms with E-state index in [1.165, 1.54) is 11.1 Å². The molecule has 3 heterocycles. The normalized spacial score (nSPS) is 20.7. The summed E-state index contributed by atoms with van der Waals surface area (Å²) in [6, 6.07) is 10.3. The number of anilines is 1. The standard InChI is InChI=1S/C19H23FN4/c20-15-8-11-24(13-15)19-16-6-9-21-10-7-17(16)22-18(23-19)12-14-4-2-1-3-5-14/h1-5,15,21H,6-13H2. The zero-order valence-electron chi connectivity index (χ0n) is 13.8. The molecule has 1 atom stereocenters. The van der Waals surface area contributed by atoms with Gasteiger partial charge in [0.1, 0.15) is 17.8 Å². The summed E-state index contributed by atoms with van der Waals surface area (Å²) in [6.07, 6.45) is 2.42. The number of fused-ring (bicyclic) bond motifs is 1. The Kier molecular flexibility index (Phi) is 4.43. The monoisotopic (exact) mass is 326 g/mol. The molecule has 1 fully saturated rings. The summed E-state index contributed by atoms with van der Waals surface area (Å²) < 4.78 is 13.7. The molecule has 1 unspecified atom stereocenters. The van der Waals surface area contributed by atoms with Gasteiger partial charge in [0, 0.05) is 31.5 Å². The first-order valence-corrected chi connectivity index (χ1v) is 8.82. The SMILES string of the molecule is FC1CCN(c2nc(Cc3ccccc3)nc3c2CCNCC3)C1. The number of nitrogens with zero attached hydrogens (tertiary/aromatic N) is 3. The highest BCUT2D eigenvalue weighted by molar-refractivity contribution is 5.51. The molecule has 1 saturated heterocycles. The molecule has 0 spiro atoms. The van der Waals surface area contributed by atoms with Gasteiger partial charge in [0.15, 0.2) is 0 Å². The highest BCUT2D eigenvalue weighted by Crippen LogP contribution is 2.28. The van der Waals surface area contributed by atoms with Crippen LogP contribution in [-0.4, -0.2) is 42.3 Å². The van der Waals surface area contributed by atoms with Crippen LogP contribution >= 0.6 is 0 Å². The second-order valence-corrected chi connectivity index (χ2v) is 6.63. The van der Waals surface area contributed by atoms with Crippen molar-refractivity contribution in [3.63, 3.8) is 0 Å². The molecule has 1 N–H and O–H groups in total. The quantitative estimate of drug-likeness (QED) is 0.940. The van der Waals surface area contributed by atoms with Crippen LogP contribution in [0.15, 0.2) is 30.3 Å². The van der Waals surface area contributed by atoms with E-state index >= 15 is 0 Å². The van der Waals surface area contributed by atoms with Crippen molar-refractivity contribution >= 4 is 5.82 Å². The van der Waals surface area contributed by atoms with Crippen LogP contribution in [0.3, 0.4) is 0 Å². The van der Waals surface area contributed by atoms with Gasteiger partial charge in [-0.1, -0.05) is 30.3 Å². The van der Waals surface area contributed by atoms with Gasteiger partial charge in [-0.15, -0.1) is 0 Å². The van der Waals surface area contributed by atoms with Crippen molar-refractivity contribution in [2.45, 2.75) is 31.9 Å². The van der Waals surface area contributed by atoms with E-state index in [0.717, 1.165) is 56.2 Å². The van der Waals surface area contributed by atoms with E-state index in [1.807, 2.05) is 18.2 Å². The predicted octanol–water partition coefficient (Wildman–Crippen LogP) is 2.30. The van der Waals surface area contributed by atoms with Crippen LogP contribution in [0.2, 0.25) is 0 Å². The maximum Gasteiger partial charge on any atom is 0.135 e. The molecule has 24 heavy (non-hydrogen) atoms. The van der Waals surface area contributed by atoms with Crippen LogP contribution in [0, 0.1) is 0 Å². The second-order valence-electron chi connectivity index (χ2n) is 6.63. The van der Waals surface area contributed by atoms with E-state index in [2.05, 4.69) is 22.3 Å². The molecule has 0 saturated carbocycles. The van der Waals surface area contributed by atoms with Crippen LogP contribution in [-0.2, 0) is 19.3 Å². The lowest BCUT2D eigenvalue weighted by atomic mass is 10.1. The molecule has 4 rings (SSSR count). The van der Waals surface area contributed by atoms with Crippen LogP contribution in [0.5, 0.6) is 0 Å². The Morgan fingerprint density at radius 1 is 1.12 bits per heavy atom. The Hall–Kier alpha value is -2.01. The van der Waals surface area contributed by atoms with Crippen molar-refractivity contribution < 1.29 is 4.39 Å². The number of hydrogen-bond acceptors (Lipinski definition) is 4. The molecule has 1 aromatic heterocycles. The zero-order chi connectivity index (χ0) is 16.4. The Morgan fingerprint density at radius 3 is 2.75 bits per heavy atom. The minimum absolute atomic E-state index is 0.460. The molecule has 4 nitrogen and oxygen atoms in total. The zero-order valence-corrected chi connectivity index (χ0v) is 13.8. The van der Waals surface area contributed by atoms with Gasteiger partial charge >= 0.3 is 0 Å². The third kappa shape index (κ3) is 3.26. The van der Waals surface area contributed by atoms with Crippen molar-refractivity contribution in [3.05, 3.63) is 53.0 Å². The number of nitrogens with one attached hydrogen (secondary N) is 1. The molecule has 2 aliphatic heterocycles. The van der Waals surface area contributed by atoms with Crippen molar-refractivity contribution in [3.8, 4) is 0 Å². The summed E-state index contributed by atoms with van der Waals surface area (Å²) >= 11 is 0. The van der Waals surface area contributed by atoms with Crippen molar-refractivity contribution in [1.29, 1.82) is 0 Å². The number of benzene rings is 1. The largest absolute Gasteiger partial charge is 0.353 e. The highest BCUT2D eigenvalue weighted by Gasteiger charge is 2.27. The molecular weight excluding hydrogens is 303 g/mol. The Labute approximate surface area is 142 Å². The van der Waals surface area contributed by atoms with Crippen LogP contribution in [0.25, 0.3) is 0 Å². The van der Waals surface area contributed by atoms with E-state index in [-0.39, 0.29) is 0 Å².